The first kappa shape index (κ1) is 25.5. The van der Waals surface area contributed by atoms with Crippen molar-refractivity contribution in [3.8, 4) is 0 Å². The van der Waals surface area contributed by atoms with E-state index in [1.165, 1.54) is 30.3 Å². The molecule has 2 saturated carbocycles. The number of amides is 3. The van der Waals surface area contributed by atoms with Crippen LogP contribution in [0, 0.1) is 41.3 Å². The van der Waals surface area contributed by atoms with Crippen LogP contribution < -0.4 is 0 Å². The second kappa shape index (κ2) is 9.47. The molecule has 1 heterocycles. The van der Waals surface area contributed by atoms with Crippen molar-refractivity contribution in [3.63, 3.8) is 0 Å². The average Bonchev–Trinajstić information content (AvgIpc) is 3.68. The molecule has 0 spiro atoms. The number of Topliss-reactive ketones (excluding diaryl/α,β-unsaturated/α-hetero) is 1. The molecular formula is C28H22Cl3FN2O4. The molecule has 7 atom stereocenters. The third kappa shape index (κ3) is 3.90. The molecule has 0 unspecified atom stereocenters. The van der Waals surface area contributed by atoms with E-state index in [0.717, 1.165) is 28.6 Å². The summed E-state index contributed by atoms with van der Waals surface area (Å²) in [5.41, 5.74) is 0.0861. The fourth-order valence-corrected chi connectivity index (χ4v) is 7.28. The second-order valence-corrected chi connectivity index (χ2v) is 11.5. The maximum absolute atomic E-state index is 14.1. The first-order chi connectivity index (χ1) is 18.2. The quantitative estimate of drug-likeness (QED) is 0.191. The van der Waals surface area contributed by atoms with Gasteiger partial charge in [0.05, 0.1) is 22.4 Å². The monoisotopic (exact) mass is 574 g/mol. The maximum atomic E-state index is 14.1. The molecule has 5 aliphatic rings. The number of benzene rings is 2. The lowest BCUT2D eigenvalue weighted by atomic mass is 9.63. The van der Waals surface area contributed by atoms with Crippen LogP contribution in [0.3, 0.4) is 0 Å². The van der Waals surface area contributed by atoms with Gasteiger partial charge in [0.25, 0.3) is 17.7 Å². The molecule has 2 aromatic rings. The number of rotatable bonds is 7. The van der Waals surface area contributed by atoms with Crippen LogP contribution in [0.5, 0.6) is 0 Å². The largest absolute Gasteiger partial charge is 0.292 e. The van der Waals surface area contributed by atoms with Gasteiger partial charge in [-0.2, -0.15) is 5.01 Å². The lowest BCUT2D eigenvalue weighted by molar-refractivity contribution is -0.157. The Labute approximate surface area is 233 Å². The molecular weight excluding hydrogens is 554 g/mol. The smallest absolute Gasteiger partial charge is 0.275 e. The summed E-state index contributed by atoms with van der Waals surface area (Å²) in [6.07, 6.45) is 4.97. The van der Waals surface area contributed by atoms with E-state index in [4.69, 9.17) is 34.8 Å². The van der Waals surface area contributed by atoms with E-state index in [9.17, 15) is 23.6 Å². The third-order valence-electron chi connectivity index (χ3n) is 8.33. The molecule has 3 amide bonds. The van der Waals surface area contributed by atoms with Crippen molar-refractivity contribution < 1.29 is 23.6 Å². The summed E-state index contributed by atoms with van der Waals surface area (Å²) in [5, 5.41) is 2.08. The summed E-state index contributed by atoms with van der Waals surface area (Å²) in [6.45, 7) is 0. The molecule has 1 aliphatic heterocycles. The predicted molar refractivity (Wildman–Crippen MR) is 139 cm³/mol. The molecule has 6 nitrogen and oxygen atoms in total. The first-order valence-corrected chi connectivity index (χ1v) is 13.7. The minimum Gasteiger partial charge on any atom is -0.292 e. The molecule has 7 rings (SSSR count). The molecule has 0 N–H and O–H groups in total. The summed E-state index contributed by atoms with van der Waals surface area (Å²) in [7, 11) is 0. The molecule has 2 aromatic carbocycles. The maximum Gasteiger partial charge on any atom is 0.275 e. The predicted octanol–water partition coefficient (Wildman–Crippen LogP) is 5.42. The van der Waals surface area contributed by atoms with Gasteiger partial charge in [-0.25, -0.2) is 9.40 Å². The molecule has 38 heavy (non-hydrogen) atoms. The summed E-state index contributed by atoms with van der Waals surface area (Å²) < 4.78 is 13.6. The second-order valence-electron chi connectivity index (χ2n) is 10.3. The number of imide groups is 1. The van der Waals surface area contributed by atoms with Crippen molar-refractivity contribution in [1.82, 2.24) is 10.0 Å². The van der Waals surface area contributed by atoms with Gasteiger partial charge in [-0.15, -0.1) is 11.6 Å². The van der Waals surface area contributed by atoms with Crippen molar-refractivity contribution >= 4 is 58.3 Å². The number of allylic oxidation sites excluding steroid dienone is 2. The zero-order valence-electron chi connectivity index (χ0n) is 19.9. The fourth-order valence-electron chi connectivity index (χ4n) is 6.59. The molecule has 1 saturated heterocycles. The number of alkyl halides is 1. The number of hydrogen-bond donors (Lipinski definition) is 0. The van der Waals surface area contributed by atoms with Crippen molar-refractivity contribution in [3.05, 3.63) is 81.6 Å². The Kier molecular flexibility index (Phi) is 6.36. The number of carbonyl (C=O) groups excluding carboxylic acids is 4. The zero-order valence-corrected chi connectivity index (χ0v) is 22.2. The van der Waals surface area contributed by atoms with Gasteiger partial charge in [0.2, 0.25) is 0 Å². The Morgan fingerprint density at radius 2 is 1.58 bits per heavy atom. The van der Waals surface area contributed by atoms with Crippen LogP contribution in [0.15, 0.2) is 54.6 Å². The Balaban J connectivity index is 1.45. The topological polar surface area (TPSA) is 74.8 Å². The van der Waals surface area contributed by atoms with Gasteiger partial charge < -0.3 is 0 Å². The molecule has 4 aliphatic carbocycles. The van der Waals surface area contributed by atoms with Crippen molar-refractivity contribution in [2.45, 2.75) is 18.9 Å². The molecule has 0 radical (unpaired) electrons. The zero-order chi connectivity index (χ0) is 26.9. The van der Waals surface area contributed by atoms with E-state index >= 15 is 0 Å². The van der Waals surface area contributed by atoms with Crippen LogP contribution in [0.1, 0.15) is 33.6 Å². The lowest BCUT2D eigenvalue weighted by Crippen LogP contribution is -2.57. The highest BCUT2D eigenvalue weighted by molar-refractivity contribution is 6.36. The minimum atomic E-state index is -1.31. The summed E-state index contributed by atoms with van der Waals surface area (Å²) in [6, 6.07) is 7.75. The van der Waals surface area contributed by atoms with Crippen molar-refractivity contribution in [2.24, 2.45) is 35.5 Å². The van der Waals surface area contributed by atoms with Crippen LogP contribution in [0.4, 0.5) is 4.39 Å². The highest BCUT2D eigenvalue weighted by atomic mass is 35.5. The third-order valence-corrected chi connectivity index (χ3v) is 9.10. The Morgan fingerprint density at radius 3 is 2.13 bits per heavy atom. The normalized spacial score (nSPS) is 29.2. The molecule has 196 valence electrons. The van der Waals surface area contributed by atoms with E-state index in [1.54, 1.807) is 0 Å². The lowest BCUT2D eigenvalue weighted by Gasteiger charge is -2.37. The van der Waals surface area contributed by atoms with Crippen LogP contribution in [-0.2, 0) is 9.59 Å². The van der Waals surface area contributed by atoms with Crippen LogP contribution >= 0.6 is 34.8 Å². The number of hydrogen-bond acceptors (Lipinski definition) is 4. The van der Waals surface area contributed by atoms with Crippen LogP contribution in [-0.4, -0.2) is 45.4 Å². The fraction of sp³-hybridized carbons (Fsp3) is 0.357. The molecule has 3 fully saturated rings. The van der Waals surface area contributed by atoms with E-state index in [2.05, 4.69) is 0 Å². The summed E-state index contributed by atoms with van der Waals surface area (Å²) in [5.74, 6) is -3.59. The SMILES string of the molecule is O=C(c1ccc(F)cc1)[C@H](CCCl)N(C(=O)c1ccc(Cl)cc1Cl)N1C(=O)[C@@H]2[C@H]3C=C[C@@H]([C@@H]4C[C@@H]34)[C@H]2C1=O. The standard InChI is InChI=1S/C28H22Cl3FN2O4/c29-10-9-22(25(35)13-1-4-15(32)5-2-13)33(26(36)18-6-3-14(30)11-21(18)31)34-27(37)23-16-7-8-17(20-12-19(16)20)24(23)28(34)38/h1-8,11,16-17,19-20,22-24H,9-10,12H2/t16-,17-,19-,20-,22-,23+,24+/m0/s1. The van der Waals surface area contributed by atoms with E-state index < -0.39 is 47.2 Å². The number of carbonyl (C=O) groups is 4. The highest BCUT2D eigenvalue weighted by Gasteiger charge is 2.68. The van der Waals surface area contributed by atoms with Crippen LogP contribution in [0.25, 0.3) is 0 Å². The van der Waals surface area contributed by atoms with Gasteiger partial charge in [-0.1, -0.05) is 35.4 Å². The number of ketones is 1. The van der Waals surface area contributed by atoms with Gasteiger partial charge in [0.15, 0.2) is 5.78 Å². The van der Waals surface area contributed by atoms with E-state index in [0.29, 0.717) is 16.9 Å². The molecule has 0 aromatic heterocycles. The van der Waals surface area contributed by atoms with Gasteiger partial charge in [0.1, 0.15) is 11.9 Å². The number of nitrogens with zero attached hydrogens (tertiary/aromatic N) is 2. The number of halogens is 4. The Morgan fingerprint density at radius 1 is 0.974 bits per heavy atom. The van der Waals surface area contributed by atoms with E-state index in [-0.39, 0.29) is 40.3 Å². The van der Waals surface area contributed by atoms with Crippen molar-refractivity contribution in [2.75, 3.05) is 5.88 Å². The average molecular weight is 576 g/mol. The van der Waals surface area contributed by atoms with Gasteiger partial charge >= 0.3 is 0 Å². The van der Waals surface area contributed by atoms with Gasteiger partial charge in [0, 0.05) is 16.5 Å². The summed E-state index contributed by atoms with van der Waals surface area (Å²) in [4.78, 5) is 55.8. The highest BCUT2D eigenvalue weighted by Crippen LogP contribution is 2.65. The van der Waals surface area contributed by atoms with E-state index in [1.807, 2.05) is 12.2 Å². The molecule has 2 bridgehead atoms. The summed E-state index contributed by atoms with van der Waals surface area (Å²) >= 11 is 18.5. The van der Waals surface area contributed by atoms with Crippen LogP contribution in [0.2, 0.25) is 10.0 Å². The number of hydrazine groups is 1. The van der Waals surface area contributed by atoms with Gasteiger partial charge in [-0.3, -0.25) is 19.2 Å². The Hall–Kier alpha value is -2.74. The Bertz CT molecular complexity index is 1360. The van der Waals surface area contributed by atoms with Crippen molar-refractivity contribution in [1.29, 1.82) is 0 Å². The first-order valence-electron chi connectivity index (χ1n) is 12.4. The minimum absolute atomic E-state index is 0.00541. The van der Waals surface area contributed by atoms with Gasteiger partial charge in [-0.05, 0) is 79.0 Å². The molecule has 10 heteroatoms.